The summed E-state index contributed by atoms with van der Waals surface area (Å²) in [5.41, 5.74) is 2.58. The van der Waals surface area contributed by atoms with E-state index in [9.17, 15) is 9.59 Å². The van der Waals surface area contributed by atoms with Crippen LogP contribution in [0, 0.1) is 0 Å². The van der Waals surface area contributed by atoms with Gasteiger partial charge in [-0.05, 0) is 24.6 Å². The van der Waals surface area contributed by atoms with E-state index < -0.39 is 0 Å². The number of amides is 1. The summed E-state index contributed by atoms with van der Waals surface area (Å²) in [6, 6.07) is 11.2. The number of ketones is 1. The van der Waals surface area contributed by atoms with Gasteiger partial charge in [-0.1, -0.05) is 18.2 Å². The zero-order valence-corrected chi connectivity index (χ0v) is 12.8. The molecule has 2 aromatic rings. The molecular weight excluding hydrogens is 292 g/mol. The number of benzene rings is 1. The molecule has 0 saturated carbocycles. The van der Waals surface area contributed by atoms with Crippen molar-refractivity contribution in [2.75, 3.05) is 18.1 Å². The second-order valence-electron chi connectivity index (χ2n) is 5.95. The summed E-state index contributed by atoms with van der Waals surface area (Å²) in [6.45, 7) is 1.58. The third-order valence-corrected chi connectivity index (χ3v) is 4.60. The van der Waals surface area contributed by atoms with Crippen LogP contribution in [0.15, 0.2) is 42.6 Å². The minimum absolute atomic E-state index is 0.0351. The van der Waals surface area contributed by atoms with Gasteiger partial charge in [0.25, 0.3) is 0 Å². The van der Waals surface area contributed by atoms with Crippen LogP contribution >= 0.6 is 0 Å². The highest BCUT2D eigenvalue weighted by Gasteiger charge is 2.33. The number of hydrogen-bond acceptors (Lipinski definition) is 3. The molecule has 118 valence electrons. The van der Waals surface area contributed by atoms with Crippen LogP contribution in [0.1, 0.15) is 34.9 Å². The Balaban J connectivity index is 1.71. The first-order chi connectivity index (χ1) is 11.3. The molecule has 1 amide bonds. The molecule has 2 aliphatic rings. The molecule has 4 rings (SSSR count). The van der Waals surface area contributed by atoms with E-state index in [1.54, 1.807) is 6.07 Å². The summed E-state index contributed by atoms with van der Waals surface area (Å²) in [7, 11) is 0. The number of carbonyl (C=O) groups is 2. The monoisotopic (exact) mass is 310 g/mol. The Kier molecular flexibility index (Phi) is 3.50. The molecule has 1 aromatic carbocycles. The Morgan fingerprint density at radius 3 is 2.96 bits per heavy atom. The second-order valence-corrected chi connectivity index (χ2v) is 5.95. The third kappa shape index (κ3) is 2.37. The first-order valence-corrected chi connectivity index (χ1v) is 7.93. The lowest BCUT2D eigenvalue weighted by Crippen LogP contribution is -2.41. The van der Waals surface area contributed by atoms with Crippen molar-refractivity contribution in [3.63, 3.8) is 0 Å². The summed E-state index contributed by atoms with van der Waals surface area (Å²) < 4.78 is 7.43. The number of ether oxygens (including phenoxy) is 1. The molecule has 5 nitrogen and oxygen atoms in total. The van der Waals surface area contributed by atoms with Crippen molar-refractivity contribution in [3.8, 4) is 0 Å². The molecule has 0 bridgehead atoms. The number of fused-ring (bicyclic) bond motifs is 2. The lowest BCUT2D eigenvalue weighted by Gasteiger charge is -2.30. The number of Topliss-reactive ketones (excluding diaryl/α,β-unsaturated/α-hetero) is 1. The molecule has 1 atom stereocenters. The molecule has 0 aliphatic carbocycles. The van der Waals surface area contributed by atoms with Crippen LogP contribution in [0.25, 0.3) is 0 Å². The maximum absolute atomic E-state index is 13.2. The van der Waals surface area contributed by atoms with Crippen LogP contribution in [-0.2, 0) is 16.1 Å². The van der Waals surface area contributed by atoms with Crippen LogP contribution in [0.3, 0.4) is 0 Å². The van der Waals surface area contributed by atoms with Crippen molar-refractivity contribution in [2.24, 2.45) is 0 Å². The predicted octanol–water partition coefficient (Wildman–Crippen LogP) is 2.57. The number of aromatic nitrogens is 1. The highest BCUT2D eigenvalue weighted by Crippen LogP contribution is 2.31. The first kappa shape index (κ1) is 14.2. The lowest BCUT2D eigenvalue weighted by atomic mass is 10.00. The quantitative estimate of drug-likeness (QED) is 0.813. The van der Waals surface area contributed by atoms with E-state index in [1.807, 2.05) is 46.0 Å². The van der Waals surface area contributed by atoms with Crippen LogP contribution in [0.5, 0.6) is 0 Å². The second kappa shape index (κ2) is 5.66. The van der Waals surface area contributed by atoms with Gasteiger partial charge in [0, 0.05) is 30.4 Å². The molecule has 3 heterocycles. The Hall–Kier alpha value is -2.40. The zero-order valence-electron chi connectivity index (χ0n) is 12.8. The summed E-state index contributed by atoms with van der Waals surface area (Å²) in [4.78, 5) is 27.0. The average molecular weight is 310 g/mol. The summed E-state index contributed by atoms with van der Waals surface area (Å²) in [6.07, 6.45) is 2.81. The van der Waals surface area contributed by atoms with E-state index in [1.165, 1.54) is 0 Å². The Labute approximate surface area is 134 Å². The van der Waals surface area contributed by atoms with Gasteiger partial charge in [-0.25, -0.2) is 0 Å². The number of carbonyl (C=O) groups excluding carboxylic acids is 2. The average Bonchev–Trinajstić information content (AvgIpc) is 2.96. The minimum atomic E-state index is -0.316. The van der Waals surface area contributed by atoms with E-state index in [0.717, 1.165) is 11.3 Å². The number of nitrogens with zero attached hydrogens (tertiary/aromatic N) is 2. The van der Waals surface area contributed by atoms with Gasteiger partial charge in [0.2, 0.25) is 5.91 Å². The van der Waals surface area contributed by atoms with E-state index in [4.69, 9.17) is 4.74 Å². The lowest BCUT2D eigenvalue weighted by molar-refractivity contribution is -0.122. The maximum Gasteiger partial charge on any atom is 0.250 e. The van der Waals surface area contributed by atoms with Gasteiger partial charge in [0.15, 0.2) is 5.78 Å². The molecule has 0 saturated heterocycles. The largest absolute Gasteiger partial charge is 0.375 e. The topological polar surface area (TPSA) is 51.5 Å². The highest BCUT2D eigenvalue weighted by molar-refractivity contribution is 6.01. The van der Waals surface area contributed by atoms with Crippen LogP contribution in [0.4, 0.5) is 5.69 Å². The van der Waals surface area contributed by atoms with E-state index in [2.05, 4.69) is 0 Å². The van der Waals surface area contributed by atoms with Gasteiger partial charge in [0.1, 0.15) is 6.04 Å². The standard InChI is InChI=1S/C18H18N2O3/c21-17-8-7-16(19-9-3-6-15(17)19)18(22)20-10-11-23-12-13-4-1-2-5-14(13)20/h1-6,9,16H,7-8,10-12H2. The first-order valence-electron chi connectivity index (χ1n) is 7.93. The van der Waals surface area contributed by atoms with Crippen molar-refractivity contribution in [2.45, 2.75) is 25.5 Å². The van der Waals surface area contributed by atoms with E-state index >= 15 is 0 Å². The Morgan fingerprint density at radius 2 is 2.04 bits per heavy atom. The molecule has 1 unspecified atom stereocenters. The molecule has 0 N–H and O–H groups in total. The number of para-hydroxylation sites is 1. The maximum atomic E-state index is 13.2. The van der Waals surface area contributed by atoms with Gasteiger partial charge < -0.3 is 14.2 Å². The molecule has 5 heteroatoms. The van der Waals surface area contributed by atoms with E-state index in [-0.39, 0.29) is 17.7 Å². The SMILES string of the molecule is O=C1CCC(C(=O)N2CCOCc3ccccc32)n2cccc21. The van der Waals surface area contributed by atoms with Gasteiger partial charge in [-0.3, -0.25) is 9.59 Å². The van der Waals surface area contributed by atoms with Crippen molar-refractivity contribution < 1.29 is 14.3 Å². The summed E-state index contributed by atoms with van der Waals surface area (Å²) >= 11 is 0. The number of rotatable bonds is 1. The summed E-state index contributed by atoms with van der Waals surface area (Å²) in [5.74, 6) is 0.145. The smallest absolute Gasteiger partial charge is 0.250 e. The van der Waals surface area contributed by atoms with Crippen LogP contribution in [-0.4, -0.2) is 29.4 Å². The highest BCUT2D eigenvalue weighted by atomic mass is 16.5. The fraction of sp³-hybridized carbons (Fsp3) is 0.333. The van der Waals surface area contributed by atoms with Crippen molar-refractivity contribution in [3.05, 3.63) is 53.9 Å². The molecule has 0 spiro atoms. The van der Waals surface area contributed by atoms with Crippen molar-refractivity contribution in [1.29, 1.82) is 0 Å². The van der Waals surface area contributed by atoms with E-state index in [0.29, 0.717) is 38.3 Å². The zero-order chi connectivity index (χ0) is 15.8. The van der Waals surface area contributed by atoms with Gasteiger partial charge in [-0.15, -0.1) is 0 Å². The predicted molar refractivity (Wildman–Crippen MR) is 85.5 cm³/mol. The number of hydrogen-bond donors (Lipinski definition) is 0. The minimum Gasteiger partial charge on any atom is -0.375 e. The molecular formula is C18H18N2O3. The normalized spacial score (nSPS) is 20.6. The van der Waals surface area contributed by atoms with Gasteiger partial charge in [0.05, 0.1) is 18.9 Å². The van der Waals surface area contributed by atoms with Gasteiger partial charge in [-0.2, -0.15) is 0 Å². The van der Waals surface area contributed by atoms with Crippen molar-refractivity contribution >= 4 is 17.4 Å². The Bertz CT molecular complexity index is 765. The third-order valence-electron chi connectivity index (χ3n) is 4.60. The molecule has 1 aromatic heterocycles. The molecule has 23 heavy (non-hydrogen) atoms. The van der Waals surface area contributed by atoms with Crippen LogP contribution < -0.4 is 4.90 Å². The summed E-state index contributed by atoms with van der Waals surface area (Å²) in [5, 5.41) is 0. The molecule has 0 fully saturated rings. The molecule has 0 radical (unpaired) electrons. The fourth-order valence-corrected chi connectivity index (χ4v) is 3.44. The fourth-order valence-electron chi connectivity index (χ4n) is 3.44. The number of anilines is 1. The van der Waals surface area contributed by atoms with Crippen molar-refractivity contribution in [1.82, 2.24) is 4.57 Å². The molecule has 2 aliphatic heterocycles. The van der Waals surface area contributed by atoms with Gasteiger partial charge >= 0.3 is 0 Å². The Morgan fingerprint density at radius 1 is 1.17 bits per heavy atom. The van der Waals surface area contributed by atoms with Crippen LogP contribution in [0.2, 0.25) is 0 Å².